The lowest BCUT2D eigenvalue weighted by molar-refractivity contribution is -0.459. The van der Waals surface area contributed by atoms with Crippen molar-refractivity contribution in [3.05, 3.63) is 0 Å². The Morgan fingerprint density at radius 3 is 1.85 bits per heavy atom. The van der Waals surface area contributed by atoms with E-state index >= 15 is 0 Å². The number of hydrogen-bond donors (Lipinski definition) is 11. The van der Waals surface area contributed by atoms with Gasteiger partial charge in [0.2, 0.25) is 47.3 Å². The summed E-state index contributed by atoms with van der Waals surface area (Å²) in [7, 11) is 0. The van der Waals surface area contributed by atoms with Crippen LogP contribution in [-0.4, -0.2) is 178 Å². The van der Waals surface area contributed by atoms with Crippen molar-refractivity contribution >= 4 is 59.5 Å². The number of carbonyl (C=O) groups excluding carboxylic acids is 9. The first-order valence-corrected chi connectivity index (χ1v) is 21.3. The molecule has 3 aliphatic rings. The van der Waals surface area contributed by atoms with Crippen LogP contribution in [0.4, 0.5) is 0 Å². The lowest BCUT2D eigenvalue weighted by Gasteiger charge is -2.34. The number of aldehydes is 1. The molecule has 62 heavy (non-hydrogen) atoms. The van der Waals surface area contributed by atoms with E-state index in [9.17, 15) is 53.4 Å². The average Bonchev–Trinajstić information content (AvgIpc) is 4.03. The summed E-state index contributed by atoms with van der Waals surface area (Å²) < 4.78 is 0. The molecule has 0 bridgehead atoms. The van der Waals surface area contributed by atoms with Crippen LogP contribution in [0, 0.1) is 5.92 Å². The number of guanidine groups is 1. The summed E-state index contributed by atoms with van der Waals surface area (Å²) in [6.07, 6.45) is 2.68. The molecule has 0 aromatic heterocycles. The molecule has 3 rings (SSSR count). The van der Waals surface area contributed by atoms with Gasteiger partial charge in [-0.25, -0.2) is 0 Å². The summed E-state index contributed by atoms with van der Waals surface area (Å²) in [5, 5.41) is 32.4. The molecular formula is C39H67N12O11+. The van der Waals surface area contributed by atoms with E-state index < -0.39 is 115 Å². The van der Waals surface area contributed by atoms with E-state index in [1.54, 1.807) is 0 Å². The second-order valence-electron chi connectivity index (χ2n) is 16.5. The minimum absolute atomic E-state index is 0.0394. The largest absolute Gasteiger partial charge is 0.394 e. The van der Waals surface area contributed by atoms with Crippen molar-refractivity contribution < 1.29 is 58.4 Å². The van der Waals surface area contributed by atoms with Crippen molar-refractivity contribution in [1.82, 2.24) is 41.3 Å². The van der Waals surface area contributed by atoms with Gasteiger partial charge < -0.3 is 62.0 Å². The molecule has 0 unspecified atom stereocenters. The fourth-order valence-electron chi connectivity index (χ4n) is 7.97. The predicted molar refractivity (Wildman–Crippen MR) is 221 cm³/mol. The molecule has 9 atom stereocenters. The first-order chi connectivity index (χ1) is 29.3. The van der Waals surface area contributed by atoms with Gasteiger partial charge in [0.15, 0.2) is 0 Å². The van der Waals surface area contributed by atoms with E-state index in [0.29, 0.717) is 57.8 Å². The maximum Gasteiger partial charge on any atom is 0.338 e. The van der Waals surface area contributed by atoms with Crippen LogP contribution < -0.4 is 48.8 Å². The monoisotopic (exact) mass is 880 g/mol. The second kappa shape index (κ2) is 24.3. The van der Waals surface area contributed by atoms with Crippen molar-refractivity contribution in [3.63, 3.8) is 0 Å². The number of nitrogens with one attached hydrogen (secondary N) is 6. The molecule has 0 aliphatic carbocycles. The van der Waals surface area contributed by atoms with Crippen LogP contribution in [0.2, 0.25) is 0 Å². The fraction of sp³-hybridized carbons (Fsp3) is 0.744. The van der Waals surface area contributed by atoms with Crippen molar-refractivity contribution in [3.8, 4) is 0 Å². The lowest BCUT2D eigenvalue weighted by atomic mass is 10.0. The van der Waals surface area contributed by atoms with E-state index in [2.05, 4.69) is 31.6 Å². The Hall–Kier alpha value is -5.42. The third-order valence-electron chi connectivity index (χ3n) is 11.1. The highest BCUT2D eigenvalue weighted by molar-refractivity contribution is 5.98. The average molecular weight is 880 g/mol. The summed E-state index contributed by atoms with van der Waals surface area (Å²) in [4.78, 5) is 126. The number of nitrogens with zero attached hydrogens (tertiary/aromatic N) is 3. The van der Waals surface area contributed by atoms with E-state index in [4.69, 9.17) is 17.2 Å². The van der Waals surface area contributed by atoms with Gasteiger partial charge in [-0.15, -0.1) is 0 Å². The molecule has 0 spiro atoms. The third kappa shape index (κ3) is 14.1. The number of rotatable bonds is 22. The first-order valence-electron chi connectivity index (χ1n) is 21.3. The molecule has 3 saturated heterocycles. The molecule has 0 aromatic rings. The molecule has 3 aliphatic heterocycles. The Morgan fingerprint density at radius 2 is 1.31 bits per heavy atom. The number of nitrogens with two attached hydrogens (primary N) is 3. The van der Waals surface area contributed by atoms with E-state index in [1.807, 2.05) is 13.8 Å². The highest BCUT2D eigenvalue weighted by Gasteiger charge is 2.45. The van der Waals surface area contributed by atoms with Crippen LogP contribution in [0.15, 0.2) is 0 Å². The van der Waals surface area contributed by atoms with Crippen LogP contribution in [0.5, 0.6) is 0 Å². The smallest absolute Gasteiger partial charge is 0.338 e. The van der Waals surface area contributed by atoms with E-state index in [1.165, 1.54) is 28.5 Å². The van der Waals surface area contributed by atoms with Gasteiger partial charge in [-0.1, -0.05) is 13.8 Å². The van der Waals surface area contributed by atoms with Crippen LogP contribution in [0.1, 0.15) is 85.5 Å². The summed E-state index contributed by atoms with van der Waals surface area (Å²) in [5.41, 5.74) is 16.1. The zero-order valence-electron chi connectivity index (χ0n) is 36.1. The van der Waals surface area contributed by atoms with E-state index in [0.717, 1.165) is 0 Å². The molecule has 0 saturated carbocycles. The summed E-state index contributed by atoms with van der Waals surface area (Å²) in [6, 6.07) is -8.83. The third-order valence-corrected chi connectivity index (χ3v) is 11.1. The van der Waals surface area contributed by atoms with Gasteiger partial charge in [-0.2, -0.15) is 0 Å². The Bertz CT molecular complexity index is 1660. The molecule has 3 heterocycles. The van der Waals surface area contributed by atoms with Crippen molar-refractivity contribution in [2.45, 2.75) is 140 Å². The normalized spacial score (nSPS) is 21.5. The summed E-state index contributed by atoms with van der Waals surface area (Å²) >= 11 is 0. The van der Waals surface area contributed by atoms with Crippen LogP contribution >= 0.6 is 0 Å². The summed E-state index contributed by atoms with van der Waals surface area (Å²) in [5.74, 6) is -5.23. The quantitative estimate of drug-likeness (QED) is 0.0209. The molecule has 8 amide bonds. The van der Waals surface area contributed by atoms with Gasteiger partial charge in [0.1, 0.15) is 48.6 Å². The van der Waals surface area contributed by atoms with Gasteiger partial charge in [-0.3, -0.25) is 54.8 Å². The van der Waals surface area contributed by atoms with Crippen molar-refractivity contribution in [1.29, 1.82) is 0 Å². The zero-order chi connectivity index (χ0) is 46.3. The Labute approximate surface area is 361 Å². The van der Waals surface area contributed by atoms with Crippen molar-refractivity contribution in [2.24, 2.45) is 23.1 Å². The highest BCUT2D eigenvalue weighted by Crippen LogP contribution is 2.27. The molecule has 0 radical (unpaired) electrons. The van der Waals surface area contributed by atoms with Gasteiger partial charge in [-0.05, 0) is 77.6 Å². The zero-order valence-corrected chi connectivity index (χ0v) is 36.1. The molecule has 14 N–H and O–H groups in total. The molecule has 23 nitrogen and oxygen atoms in total. The number of aliphatic hydroxyl groups is 2. The van der Waals surface area contributed by atoms with Gasteiger partial charge >= 0.3 is 5.96 Å². The number of hydrogen-bond acceptors (Lipinski definition) is 12. The first kappa shape index (κ1) is 50.9. The second-order valence-corrected chi connectivity index (χ2v) is 16.5. The maximum atomic E-state index is 14.1. The number of aliphatic hydroxyl groups excluding tert-OH is 2. The molecule has 0 aromatic carbocycles. The van der Waals surface area contributed by atoms with Crippen LogP contribution in [0.3, 0.4) is 0 Å². The van der Waals surface area contributed by atoms with E-state index in [-0.39, 0.29) is 44.4 Å². The van der Waals surface area contributed by atoms with Gasteiger partial charge in [0.25, 0.3) is 0 Å². The molecule has 3 fully saturated rings. The standard InChI is InChI=1S/C39H66N12O11/c1-21(2)17-25(37(61)49-14-6-10-27(49)33(57)45-24(19-52)9-5-13-43-39(41)42)47-34(58)28-11-7-15-50(28)38(62)29-12-8-16-51(29)36(60)22(3)44-35(59)31(23(4)54)48-32(56)26(20-53)46-30(55)18-40/h19,21-29,31,53-54H,5-18,20,40H2,1-4H3,(H,44,59)(H,45,57)(H,46,55)(H,47,58)(H,48,56)(H4,41,42,43)/p+1/t22-,23+,24-,25-,26-,27-,28-,29-,31-/m0/s1. The highest BCUT2D eigenvalue weighted by atomic mass is 16.3. The summed E-state index contributed by atoms with van der Waals surface area (Å²) in [6.45, 7) is 6.17. The molecule has 23 heteroatoms. The number of likely N-dealkylation sites (tertiary alicyclic amines) is 3. The minimum atomic E-state index is -1.59. The van der Waals surface area contributed by atoms with Gasteiger partial charge in [0.05, 0.1) is 31.8 Å². The minimum Gasteiger partial charge on any atom is -0.394 e. The number of carbonyl (C=O) groups is 9. The van der Waals surface area contributed by atoms with Gasteiger partial charge in [0, 0.05) is 19.6 Å². The van der Waals surface area contributed by atoms with Crippen LogP contribution in [0.25, 0.3) is 0 Å². The molecular weight excluding hydrogens is 813 g/mol. The fourth-order valence-corrected chi connectivity index (χ4v) is 7.97. The Kier molecular flexibility index (Phi) is 19.9. The SMILES string of the molecule is CC(C)C[C@H](NC(=O)[C@@H]1CCCN1C(=O)[C@@H]1CCCN1C(=O)[C@H](C)NC(=O)[C@@H](NC(=O)[C@H](CO)NC(=O)CN)[C@@H](C)O)C(=O)N1CCC[C@H]1C(=O)N[C@H](C=O)CCC[NH+]=C(N)N. The number of amides is 8. The Morgan fingerprint density at radius 1 is 0.742 bits per heavy atom. The maximum absolute atomic E-state index is 14.1. The Balaban J connectivity index is 1.67. The topological polar surface area (TPSA) is 356 Å². The van der Waals surface area contributed by atoms with Crippen molar-refractivity contribution in [2.75, 3.05) is 39.3 Å². The molecule has 348 valence electrons. The lowest BCUT2D eigenvalue weighted by Crippen LogP contribution is -2.78. The van der Waals surface area contributed by atoms with Crippen LogP contribution in [-0.2, 0) is 43.2 Å². The predicted octanol–water partition coefficient (Wildman–Crippen LogP) is -6.89.